The third-order valence-electron chi connectivity index (χ3n) is 4.98. The molecule has 0 radical (unpaired) electrons. The summed E-state index contributed by atoms with van der Waals surface area (Å²) >= 11 is 0. The van der Waals surface area contributed by atoms with Crippen LogP contribution in [0.2, 0.25) is 0 Å². The van der Waals surface area contributed by atoms with Crippen LogP contribution in [0.3, 0.4) is 0 Å². The summed E-state index contributed by atoms with van der Waals surface area (Å²) in [7, 11) is 0. The van der Waals surface area contributed by atoms with E-state index in [1.165, 1.54) is 0 Å². The number of amides is 1. The second-order valence-electron chi connectivity index (χ2n) is 8.86. The van der Waals surface area contributed by atoms with Crippen LogP contribution in [0.5, 0.6) is 0 Å². The number of hydrogen-bond acceptors (Lipinski definition) is 4. The quantitative estimate of drug-likeness (QED) is 0.637. The predicted molar refractivity (Wildman–Crippen MR) is 118 cm³/mol. The number of nitrogens with one attached hydrogen (secondary N) is 1. The van der Waals surface area contributed by atoms with Crippen LogP contribution >= 0.6 is 0 Å². The van der Waals surface area contributed by atoms with Crippen molar-refractivity contribution < 1.29 is 4.79 Å². The molecular weight excluding hydrogens is 362 g/mol. The molecule has 2 aromatic heterocycles. The van der Waals surface area contributed by atoms with E-state index in [1.807, 2.05) is 41.9 Å². The number of hydrogen-bond donors (Lipinski definition) is 2. The van der Waals surface area contributed by atoms with Gasteiger partial charge in [0.05, 0.1) is 22.2 Å². The molecule has 6 nitrogen and oxygen atoms in total. The number of aromatic nitrogens is 3. The minimum atomic E-state index is -0.224. The first-order valence-corrected chi connectivity index (χ1v) is 10.1. The molecule has 3 rings (SSSR count). The molecule has 0 aliphatic rings. The Balaban J connectivity index is 1.93. The van der Waals surface area contributed by atoms with Crippen LogP contribution in [0.25, 0.3) is 11.0 Å². The van der Waals surface area contributed by atoms with Gasteiger partial charge < -0.3 is 11.1 Å². The molecule has 6 heteroatoms. The molecule has 0 saturated heterocycles. The van der Waals surface area contributed by atoms with Crippen molar-refractivity contribution in [1.82, 2.24) is 20.1 Å². The van der Waals surface area contributed by atoms with Crippen LogP contribution in [0, 0.1) is 6.92 Å². The van der Waals surface area contributed by atoms with Gasteiger partial charge in [-0.25, -0.2) is 9.67 Å². The average Bonchev–Trinajstić information content (AvgIpc) is 2.99. The van der Waals surface area contributed by atoms with Gasteiger partial charge in [0.15, 0.2) is 5.65 Å². The molecular formula is C23H31N5O. The van der Waals surface area contributed by atoms with E-state index < -0.39 is 0 Å². The van der Waals surface area contributed by atoms with Crippen molar-refractivity contribution >= 4 is 22.6 Å². The van der Waals surface area contributed by atoms with Crippen molar-refractivity contribution in [3.8, 4) is 0 Å². The van der Waals surface area contributed by atoms with Gasteiger partial charge in [-0.05, 0) is 63.8 Å². The Labute approximate surface area is 172 Å². The van der Waals surface area contributed by atoms with E-state index in [9.17, 15) is 4.79 Å². The van der Waals surface area contributed by atoms with Crippen LogP contribution in [0.15, 0.2) is 30.3 Å². The minimum absolute atomic E-state index is 0.0914. The van der Waals surface area contributed by atoms with Gasteiger partial charge in [-0.3, -0.25) is 4.79 Å². The normalized spacial score (nSPS) is 12.0. The molecule has 3 N–H and O–H groups in total. The molecule has 1 amide bonds. The molecule has 2 heterocycles. The van der Waals surface area contributed by atoms with E-state index >= 15 is 0 Å². The van der Waals surface area contributed by atoms with E-state index in [-0.39, 0.29) is 17.4 Å². The lowest BCUT2D eigenvalue weighted by atomic mass is 10.0. The SMILES string of the molecule is Cc1nn(C(C)(C)C)c2nc(C(C)C)cc(C(=O)NCCc3ccc(N)cc3)c12. The van der Waals surface area contributed by atoms with Crippen LogP contribution in [-0.2, 0) is 12.0 Å². The Morgan fingerprint density at radius 3 is 2.45 bits per heavy atom. The van der Waals surface area contributed by atoms with Crippen LogP contribution in [-0.4, -0.2) is 27.2 Å². The fourth-order valence-corrected chi connectivity index (χ4v) is 3.35. The smallest absolute Gasteiger partial charge is 0.252 e. The monoisotopic (exact) mass is 393 g/mol. The topological polar surface area (TPSA) is 85.8 Å². The molecule has 29 heavy (non-hydrogen) atoms. The van der Waals surface area contributed by atoms with E-state index in [0.717, 1.165) is 40.1 Å². The standard InChI is InChI=1S/C23H31N5O/c1-14(2)19-13-18(20-15(3)27-28(21(20)26-19)23(4,5)6)22(29)25-12-11-16-7-9-17(24)10-8-16/h7-10,13-14H,11-12,24H2,1-6H3,(H,25,29). The van der Waals surface area contributed by atoms with E-state index in [1.54, 1.807) is 0 Å². The highest BCUT2D eigenvalue weighted by molar-refractivity contribution is 6.06. The molecule has 0 saturated carbocycles. The number of nitrogens with zero attached hydrogens (tertiary/aromatic N) is 3. The predicted octanol–water partition coefficient (Wildman–Crippen LogP) is 4.17. The fourth-order valence-electron chi connectivity index (χ4n) is 3.35. The largest absolute Gasteiger partial charge is 0.399 e. The van der Waals surface area contributed by atoms with Crippen LogP contribution < -0.4 is 11.1 Å². The van der Waals surface area contributed by atoms with Gasteiger partial charge in [-0.2, -0.15) is 5.10 Å². The molecule has 3 aromatic rings. The summed E-state index contributed by atoms with van der Waals surface area (Å²) in [4.78, 5) is 17.9. The highest BCUT2D eigenvalue weighted by atomic mass is 16.1. The van der Waals surface area contributed by atoms with Gasteiger partial charge in [0.1, 0.15) is 0 Å². The number of carbonyl (C=O) groups excluding carboxylic acids is 1. The van der Waals surface area contributed by atoms with Crippen molar-refractivity contribution in [3.63, 3.8) is 0 Å². The van der Waals surface area contributed by atoms with Gasteiger partial charge in [-0.15, -0.1) is 0 Å². The number of benzene rings is 1. The number of nitrogens with two attached hydrogens (primary N) is 1. The van der Waals surface area contributed by atoms with Crippen molar-refractivity contribution in [3.05, 3.63) is 52.8 Å². The highest BCUT2D eigenvalue weighted by Gasteiger charge is 2.25. The number of fused-ring (bicyclic) bond motifs is 1. The molecule has 0 bridgehead atoms. The lowest BCUT2D eigenvalue weighted by molar-refractivity contribution is 0.0955. The third kappa shape index (κ3) is 4.42. The number of nitrogen functional groups attached to an aromatic ring is 1. The Bertz CT molecular complexity index is 1030. The summed E-state index contributed by atoms with van der Waals surface area (Å²) in [5.41, 5.74) is 10.5. The van der Waals surface area contributed by atoms with Crippen molar-refractivity contribution in [1.29, 1.82) is 0 Å². The Kier molecular flexibility index (Phi) is 5.64. The number of carbonyl (C=O) groups is 1. The zero-order valence-corrected chi connectivity index (χ0v) is 18.2. The second kappa shape index (κ2) is 7.85. The van der Waals surface area contributed by atoms with Gasteiger partial charge in [0.25, 0.3) is 5.91 Å². The van der Waals surface area contributed by atoms with Crippen molar-refractivity contribution in [2.75, 3.05) is 12.3 Å². The highest BCUT2D eigenvalue weighted by Crippen LogP contribution is 2.28. The molecule has 1 aromatic carbocycles. The molecule has 0 aliphatic carbocycles. The van der Waals surface area contributed by atoms with E-state index in [4.69, 9.17) is 15.8 Å². The maximum Gasteiger partial charge on any atom is 0.252 e. The fraction of sp³-hybridized carbons (Fsp3) is 0.435. The molecule has 0 aliphatic heterocycles. The lowest BCUT2D eigenvalue weighted by Crippen LogP contribution is -2.27. The first-order chi connectivity index (χ1) is 13.6. The molecule has 154 valence electrons. The van der Waals surface area contributed by atoms with E-state index in [2.05, 4.69) is 39.9 Å². The van der Waals surface area contributed by atoms with Gasteiger partial charge in [-0.1, -0.05) is 26.0 Å². The summed E-state index contributed by atoms with van der Waals surface area (Å²) in [6.45, 7) is 12.9. The third-order valence-corrected chi connectivity index (χ3v) is 4.98. The van der Waals surface area contributed by atoms with E-state index in [0.29, 0.717) is 12.1 Å². The first-order valence-electron chi connectivity index (χ1n) is 10.1. The molecule has 0 fully saturated rings. The van der Waals surface area contributed by atoms with Gasteiger partial charge in [0.2, 0.25) is 0 Å². The lowest BCUT2D eigenvalue weighted by Gasteiger charge is -2.20. The maximum absolute atomic E-state index is 13.1. The Morgan fingerprint density at radius 2 is 1.86 bits per heavy atom. The number of anilines is 1. The zero-order valence-electron chi connectivity index (χ0n) is 18.2. The van der Waals surface area contributed by atoms with Crippen molar-refractivity contribution in [2.24, 2.45) is 0 Å². The minimum Gasteiger partial charge on any atom is -0.399 e. The summed E-state index contributed by atoms with van der Waals surface area (Å²) < 4.78 is 1.93. The Hall–Kier alpha value is -2.89. The second-order valence-corrected chi connectivity index (χ2v) is 8.86. The number of aryl methyl sites for hydroxylation is 1. The number of pyridine rings is 1. The van der Waals surface area contributed by atoms with Crippen LogP contribution in [0.4, 0.5) is 5.69 Å². The Morgan fingerprint density at radius 1 is 1.21 bits per heavy atom. The average molecular weight is 394 g/mol. The molecule has 0 spiro atoms. The van der Waals surface area contributed by atoms with Gasteiger partial charge in [0, 0.05) is 17.9 Å². The van der Waals surface area contributed by atoms with Crippen molar-refractivity contribution in [2.45, 2.75) is 59.4 Å². The summed E-state index contributed by atoms with van der Waals surface area (Å²) in [6, 6.07) is 9.64. The summed E-state index contributed by atoms with van der Waals surface area (Å²) in [6.07, 6.45) is 0.748. The zero-order chi connectivity index (χ0) is 21.3. The molecule has 0 unspecified atom stereocenters. The molecule has 0 atom stereocenters. The van der Waals surface area contributed by atoms with Crippen LogP contribution in [0.1, 0.15) is 67.8 Å². The number of rotatable bonds is 5. The summed E-state index contributed by atoms with van der Waals surface area (Å²) in [5, 5.41) is 8.59. The van der Waals surface area contributed by atoms with Gasteiger partial charge >= 0.3 is 0 Å². The summed E-state index contributed by atoms with van der Waals surface area (Å²) in [5.74, 6) is 0.121. The first kappa shape index (κ1) is 20.8. The maximum atomic E-state index is 13.1.